The van der Waals surface area contributed by atoms with Crippen molar-refractivity contribution in [3.63, 3.8) is 0 Å². The van der Waals surface area contributed by atoms with Crippen LogP contribution in [0.25, 0.3) is 11.1 Å². The maximum atomic E-state index is 13.3. The molecular formula is C15H11FN4O2S. The number of anilines is 1. The lowest BCUT2D eigenvalue weighted by atomic mass is 9.97. The minimum Gasteiger partial charge on any atom is -0.481 e. The lowest BCUT2D eigenvalue weighted by Crippen LogP contribution is -2.01. The number of aromatic amines is 1. The second-order valence-corrected chi connectivity index (χ2v) is 4.65. The Morgan fingerprint density at radius 2 is 1.91 bits per heavy atom. The SMILES string of the molecule is CC(=O)O.N#Cc1c(N)[nH]c(=S)c(C#N)c1-c1cccc(F)c1. The zero-order valence-corrected chi connectivity index (χ0v) is 12.7. The first-order valence-corrected chi connectivity index (χ1v) is 6.54. The van der Waals surface area contributed by atoms with Crippen LogP contribution in [0, 0.1) is 33.1 Å². The summed E-state index contributed by atoms with van der Waals surface area (Å²) in [5, 5.41) is 25.7. The minimum atomic E-state index is -0.833. The Morgan fingerprint density at radius 3 is 2.39 bits per heavy atom. The van der Waals surface area contributed by atoms with Crippen LogP contribution in [0.15, 0.2) is 24.3 Å². The Hall–Kier alpha value is -3.23. The summed E-state index contributed by atoms with van der Waals surface area (Å²) >= 11 is 5.01. The van der Waals surface area contributed by atoms with Gasteiger partial charge in [0, 0.05) is 12.5 Å². The van der Waals surface area contributed by atoms with Gasteiger partial charge < -0.3 is 15.8 Å². The lowest BCUT2D eigenvalue weighted by Gasteiger charge is -2.09. The normalized spacial score (nSPS) is 9.04. The number of aromatic nitrogens is 1. The molecule has 4 N–H and O–H groups in total. The molecule has 0 aliphatic heterocycles. The van der Waals surface area contributed by atoms with Crippen molar-refractivity contribution in [2.75, 3.05) is 5.73 Å². The van der Waals surface area contributed by atoms with Crippen molar-refractivity contribution in [2.45, 2.75) is 6.92 Å². The summed E-state index contributed by atoms with van der Waals surface area (Å²) in [5.74, 6) is -1.24. The third kappa shape index (κ3) is 4.37. The van der Waals surface area contributed by atoms with Crippen molar-refractivity contribution in [3.05, 3.63) is 45.9 Å². The molecule has 8 heteroatoms. The molecule has 1 heterocycles. The highest BCUT2D eigenvalue weighted by Gasteiger charge is 2.16. The molecule has 0 saturated carbocycles. The number of nitriles is 2. The highest BCUT2D eigenvalue weighted by atomic mass is 32.1. The van der Waals surface area contributed by atoms with Crippen molar-refractivity contribution >= 4 is 24.0 Å². The summed E-state index contributed by atoms with van der Waals surface area (Å²) in [6, 6.07) is 9.41. The summed E-state index contributed by atoms with van der Waals surface area (Å²) in [4.78, 5) is 11.6. The highest BCUT2D eigenvalue weighted by Crippen LogP contribution is 2.30. The number of hydrogen-bond donors (Lipinski definition) is 3. The molecule has 0 radical (unpaired) electrons. The number of hydrogen-bond acceptors (Lipinski definition) is 5. The molecule has 0 bridgehead atoms. The Bertz CT molecular complexity index is 890. The van der Waals surface area contributed by atoms with Gasteiger partial charge in [-0.05, 0) is 17.7 Å². The molecule has 2 aromatic rings. The monoisotopic (exact) mass is 330 g/mol. The zero-order valence-electron chi connectivity index (χ0n) is 11.9. The molecule has 0 aliphatic carbocycles. The Kier molecular flexibility index (Phi) is 5.95. The molecule has 0 amide bonds. The Morgan fingerprint density at radius 1 is 1.35 bits per heavy atom. The standard InChI is InChI=1S/C13H7FN4S.C2H4O2/c14-8-3-1-2-7(4-8)11-9(5-15)12(17)18-13(19)10(11)6-16;1-2(3)4/h1-4H,(H3,17,18,19);1H3,(H,3,4). The van der Waals surface area contributed by atoms with E-state index in [0.29, 0.717) is 5.56 Å². The summed E-state index contributed by atoms with van der Waals surface area (Å²) in [6.45, 7) is 1.08. The fourth-order valence-corrected chi connectivity index (χ4v) is 2.03. The van der Waals surface area contributed by atoms with E-state index in [-0.39, 0.29) is 27.1 Å². The van der Waals surface area contributed by atoms with Crippen LogP contribution in [0.5, 0.6) is 0 Å². The third-order valence-corrected chi connectivity index (χ3v) is 2.89. The van der Waals surface area contributed by atoms with Crippen LogP contribution >= 0.6 is 12.2 Å². The number of carboxylic acids is 1. The van der Waals surface area contributed by atoms with E-state index >= 15 is 0 Å². The van der Waals surface area contributed by atoms with Gasteiger partial charge in [0.1, 0.15) is 34.0 Å². The predicted octanol–water partition coefficient (Wildman–Crippen LogP) is 2.97. The maximum absolute atomic E-state index is 13.3. The number of benzene rings is 1. The summed E-state index contributed by atoms with van der Waals surface area (Å²) in [6.07, 6.45) is 0. The number of pyridine rings is 1. The average Bonchev–Trinajstić information content (AvgIpc) is 2.46. The fourth-order valence-electron chi connectivity index (χ4n) is 1.78. The van der Waals surface area contributed by atoms with Crippen LogP contribution in [0.3, 0.4) is 0 Å². The number of H-pyrrole nitrogens is 1. The summed E-state index contributed by atoms with van der Waals surface area (Å²) in [5.41, 5.74) is 6.51. The van der Waals surface area contributed by atoms with Crippen molar-refractivity contribution in [1.29, 1.82) is 10.5 Å². The van der Waals surface area contributed by atoms with Crippen molar-refractivity contribution < 1.29 is 14.3 Å². The number of rotatable bonds is 1. The molecule has 1 aromatic carbocycles. The lowest BCUT2D eigenvalue weighted by molar-refractivity contribution is -0.134. The van der Waals surface area contributed by atoms with E-state index in [1.54, 1.807) is 6.07 Å². The van der Waals surface area contributed by atoms with Gasteiger partial charge in [0.15, 0.2) is 0 Å². The molecule has 6 nitrogen and oxygen atoms in total. The van der Waals surface area contributed by atoms with Gasteiger partial charge in [-0.25, -0.2) is 4.39 Å². The summed E-state index contributed by atoms with van der Waals surface area (Å²) < 4.78 is 13.4. The number of nitrogen functional groups attached to an aromatic ring is 1. The van der Waals surface area contributed by atoms with Gasteiger partial charge in [0.05, 0.1) is 5.56 Å². The molecule has 0 aliphatic rings. The average molecular weight is 330 g/mol. The molecule has 116 valence electrons. The van der Waals surface area contributed by atoms with Crippen molar-refractivity contribution in [1.82, 2.24) is 4.98 Å². The van der Waals surface area contributed by atoms with Crippen molar-refractivity contribution in [2.24, 2.45) is 0 Å². The molecular weight excluding hydrogens is 319 g/mol. The number of nitrogens with two attached hydrogens (primary N) is 1. The van der Waals surface area contributed by atoms with E-state index in [9.17, 15) is 4.39 Å². The molecule has 2 rings (SSSR count). The van der Waals surface area contributed by atoms with Gasteiger partial charge in [0.2, 0.25) is 0 Å². The number of aliphatic carboxylic acids is 1. The van der Waals surface area contributed by atoms with Gasteiger partial charge in [-0.3, -0.25) is 4.79 Å². The van der Waals surface area contributed by atoms with E-state index in [4.69, 9.17) is 38.4 Å². The Balaban J connectivity index is 0.000000593. The molecule has 0 atom stereocenters. The number of halogens is 1. The first kappa shape index (κ1) is 17.8. The molecule has 0 spiro atoms. The van der Waals surface area contributed by atoms with Gasteiger partial charge in [-0.1, -0.05) is 24.4 Å². The van der Waals surface area contributed by atoms with E-state index in [1.807, 2.05) is 12.1 Å². The number of nitrogens with zero attached hydrogens (tertiary/aromatic N) is 2. The predicted molar refractivity (Wildman–Crippen MR) is 84.2 cm³/mol. The molecule has 1 aromatic heterocycles. The number of carboxylic acid groups (broad SMARTS) is 1. The van der Waals surface area contributed by atoms with Crippen LogP contribution in [0.1, 0.15) is 18.1 Å². The molecule has 0 saturated heterocycles. The molecule has 23 heavy (non-hydrogen) atoms. The first-order valence-electron chi connectivity index (χ1n) is 6.13. The van der Waals surface area contributed by atoms with Crippen LogP contribution in [0.2, 0.25) is 0 Å². The van der Waals surface area contributed by atoms with E-state index < -0.39 is 11.8 Å². The van der Waals surface area contributed by atoms with Crippen LogP contribution < -0.4 is 5.73 Å². The smallest absolute Gasteiger partial charge is 0.300 e. The van der Waals surface area contributed by atoms with E-state index in [1.165, 1.54) is 18.2 Å². The molecule has 0 fully saturated rings. The van der Waals surface area contributed by atoms with Gasteiger partial charge in [-0.2, -0.15) is 10.5 Å². The van der Waals surface area contributed by atoms with Gasteiger partial charge >= 0.3 is 0 Å². The summed E-state index contributed by atoms with van der Waals surface area (Å²) in [7, 11) is 0. The van der Waals surface area contributed by atoms with E-state index in [2.05, 4.69) is 4.98 Å². The van der Waals surface area contributed by atoms with Gasteiger partial charge in [-0.15, -0.1) is 0 Å². The number of carbonyl (C=O) groups is 1. The fraction of sp³-hybridized carbons (Fsp3) is 0.0667. The first-order chi connectivity index (χ1) is 10.8. The minimum absolute atomic E-state index is 0.0609. The zero-order chi connectivity index (χ0) is 17.6. The second-order valence-electron chi connectivity index (χ2n) is 4.25. The highest BCUT2D eigenvalue weighted by molar-refractivity contribution is 7.71. The van der Waals surface area contributed by atoms with Crippen LogP contribution in [-0.2, 0) is 4.79 Å². The topological polar surface area (TPSA) is 127 Å². The number of nitrogens with one attached hydrogen (secondary N) is 1. The largest absolute Gasteiger partial charge is 0.481 e. The second kappa shape index (κ2) is 7.69. The van der Waals surface area contributed by atoms with Crippen LogP contribution in [0.4, 0.5) is 10.2 Å². The quantitative estimate of drug-likeness (QED) is 0.690. The van der Waals surface area contributed by atoms with Crippen molar-refractivity contribution in [3.8, 4) is 23.3 Å². The Labute approximate surface area is 136 Å². The van der Waals surface area contributed by atoms with Gasteiger partial charge in [0.25, 0.3) is 5.97 Å². The molecule has 0 unspecified atom stereocenters. The van der Waals surface area contributed by atoms with Crippen LogP contribution in [-0.4, -0.2) is 16.1 Å². The maximum Gasteiger partial charge on any atom is 0.300 e. The third-order valence-electron chi connectivity index (χ3n) is 2.58. The van der Waals surface area contributed by atoms with E-state index in [0.717, 1.165) is 6.92 Å².